The summed E-state index contributed by atoms with van der Waals surface area (Å²) in [5.74, 6) is 0.589. The van der Waals surface area contributed by atoms with Gasteiger partial charge in [-0.2, -0.15) is 0 Å². The topological polar surface area (TPSA) is 69.4 Å². The Morgan fingerprint density at radius 3 is 2.40 bits per heavy atom. The van der Waals surface area contributed by atoms with Crippen LogP contribution in [0.15, 0.2) is 48.5 Å². The maximum absolute atomic E-state index is 10.6. The Kier molecular flexibility index (Phi) is 4.80. The third-order valence-corrected chi connectivity index (χ3v) is 3.21. The molecule has 6 heteroatoms. The van der Waals surface area contributed by atoms with Crippen LogP contribution in [0.25, 0.3) is 0 Å². The lowest BCUT2D eigenvalue weighted by molar-refractivity contribution is -0.384. The Balaban J connectivity index is 2.05. The van der Waals surface area contributed by atoms with Crippen LogP contribution in [0, 0.1) is 10.1 Å². The normalized spacial score (nSPS) is 10.4. The van der Waals surface area contributed by atoms with Gasteiger partial charge in [0.2, 0.25) is 0 Å². The lowest BCUT2D eigenvalue weighted by Gasteiger charge is -2.06. The molecule has 0 amide bonds. The van der Waals surface area contributed by atoms with Crippen molar-refractivity contribution in [1.82, 2.24) is 0 Å². The van der Waals surface area contributed by atoms with Crippen LogP contribution in [0.1, 0.15) is 11.1 Å². The van der Waals surface area contributed by atoms with Gasteiger partial charge in [0.1, 0.15) is 5.75 Å². The van der Waals surface area contributed by atoms with Crippen LogP contribution < -0.4 is 4.52 Å². The first kappa shape index (κ1) is 14.2. The molecule has 0 unspecified atom stereocenters. The van der Waals surface area contributed by atoms with Crippen molar-refractivity contribution in [2.75, 3.05) is 0 Å². The fraction of sp³-hybridized carbons (Fsp3) is 0.143. The van der Waals surface area contributed by atoms with Gasteiger partial charge in [-0.1, -0.05) is 30.3 Å². The van der Waals surface area contributed by atoms with Crippen molar-refractivity contribution >= 4 is 14.4 Å². The van der Waals surface area contributed by atoms with Gasteiger partial charge in [-0.05, 0) is 30.0 Å². The minimum absolute atomic E-state index is 0.0858. The number of benzene rings is 2. The molecule has 2 aromatic carbocycles. The molecule has 0 aliphatic heterocycles. The predicted molar refractivity (Wildman–Crippen MR) is 75.2 cm³/mol. The second kappa shape index (κ2) is 6.78. The van der Waals surface area contributed by atoms with E-state index in [1.54, 1.807) is 18.2 Å². The van der Waals surface area contributed by atoms with Gasteiger partial charge < -0.3 is 4.52 Å². The Hall–Kier alpha value is -2.26. The van der Waals surface area contributed by atoms with Crippen molar-refractivity contribution < 1.29 is 14.0 Å². The van der Waals surface area contributed by atoms with Crippen molar-refractivity contribution in [3.63, 3.8) is 0 Å². The third-order valence-electron chi connectivity index (χ3n) is 2.94. The van der Waals surface area contributed by atoms with Gasteiger partial charge in [-0.15, -0.1) is 0 Å². The third kappa shape index (κ3) is 3.62. The molecule has 0 atom stereocenters. The number of non-ortho nitro benzene ring substituents is 1. The molecule has 0 saturated heterocycles. The van der Waals surface area contributed by atoms with Crippen LogP contribution in [-0.2, 0) is 17.4 Å². The molecule has 0 radical (unpaired) electrons. The summed E-state index contributed by atoms with van der Waals surface area (Å²) >= 11 is 0. The Morgan fingerprint density at radius 2 is 1.75 bits per heavy atom. The molecule has 0 aromatic heterocycles. The zero-order valence-electron chi connectivity index (χ0n) is 10.6. The highest BCUT2D eigenvalue weighted by Crippen LogP contribution is 2.23. The molecule has 0 saturated carbocycles. The molecule has 5 nitrogen and oxygen atoms in total. The van der Waals surface area contributed by atoms with E-state index in [2.05, 4.69) is 0 Å². The number of nitrogens with zero attached hydrogens (tertiary/aromatic N) is 1. The number of aryl methyl sites for hydroxylation is 2. The molecule has 0 aliphatic rings. The highest BCUT2D eigenvalue weighted by molar-refractivity contribution is 7.17. The number of para-hydroxylation sites is 1. The van der Waals surface area contributed by atoms with Gasteiger partial charge in [0.15, 0.2) is 0 Å². The molecule has 0 N–H and O–H groups in total. The minimum atomic E-state index is -0.416. The molecule has 2 aromatic rings. The smallest absolute Gasteiger partial charge is 0.395 e. The highest BCUT2D eigenvalue weighted by atomic mass is 31.1. The summed E-state index contributed by atoms with van der Waals surface area (Å²) in [4.78, 5) is 10.2. The fourth-order valence-electron chi connectivity index (χ4n) is 1.90. The molecule has 0 aliphatic carbocycles. The first-order valence-electron chi connectivity index (χ1n) is 6.01. The van der Waals surface area contributed by atoms with Crippen molar-refractivity contribution in [1.29, 1.82) is 0 Å². The van der Waals surface area contributed by atoms with Gasteiger partial charge in [-0.25, -0.2) is 4.57 Å². The maximum Gasteiger partial charge on any atom is 0.395 e. The Labute approximate surface area is 117 Å². The summed E-state index contributed by atoms with van der Waals surface area (Å²) in [6.45, 7) is 0. The molecule has 0 fully saturated rings. The molecule has 20 heavy (non-hydrogen) atoms. The van der Waals surface area contributed by atoms with Crippen molar-refractivity contribution in [2.45, 2.75) is 12.8 Å². The molecule has 0 spiro atoms. The van der Waals surface area contributed by atoms with E-state index in [0.29, 0.717) is 12.2 Å². The Morgan fingerprint density at radius 1 is 1.05 bits per heavy atom. The Bertz CT molecular complexity index is 613. The highest BCUT2D eigenvalue weighted by Gasteiger charge is 2.06. The standard InChI is InChI=1S/C14H12NO4P/c16-15(17)13-9-6-11(7-10-13)5-8-12-3-1-2-4-14(12)19-20-18/h1-4,6-7,9-10H,5,8H2. The first-order valence-corrected chi connectivity index (χ1v) is 6.74. The van der Waals surface area contributed by atoms with Crippen molar-refractivity contribution in [3.05, 3.63) is 69.8 Å². The first-order chi connectivity index (χ1) is 9.70. The zero-order valence-corrected chi connectivity index (χ0v) is 11.5. The summed E-state index contributed by atoms with van der Waals surface area (Å²) in [6.07, 6.45) is 1.44. The summed E-state index contributed by atoms with van der Waals surface area (Å²) in [5.41, 5.74) is 2.04. The molecule has 0 bridgehead atoms. The van der Waals surface area contributed by atoms with E-state index in [1.807, 2.05) is 18.2 Å². The number of hydrogen-bond acceptors (Lipinski definition) is 4. The summed E-state index contributed by atoms with van der Waals surface area (Å²) < 4.78 is 15.5. The zero-order chi connectivity index (χ0) is 14.4. The van der Waals surface area contributed by atoms with Gasteiger partial charge >= 0.3 is 8.69 Å². The van der Waals surface area contributed by atoms with E-state index in [-0.39, 0.29) is 14.4 Å². The van der Waals surface area contributed by atoms with E-state index in [9.17, 15) is 14.7 Å². The van der Waals surface area contributed by atoms with Crippen molar-refractivity contribution in [2.24, 2.45) is 0 Å². The van der Waals surface area contributed by atoms with E-state index < -0.39 is 4.92 Å². The van der Waals surface area contributed by atoms with Gasteiger partial charge in [-0.3, -0.25) is 10.1 Å². The summed E-state index contributed by atoms with van der Waals surface area (Å²) in [7, 11) is -0.378. The molecule has 102 valence electrons. The number of nitro benzene ring substituents is 1. The lowest BCUT2D eigenvalue weighted by Crippen LogP contribution is -1.94. The largest absolute Gasteiger partial charge is 0.407 e. The lowest BCUT2D eigenvalue weighted by atomic mass is 10.0. The number of rotatable bonds is 6. The van der Waals surface area contributed by atoms with Gasteiger partial charge in [0.25, 0.3) is 5.69 Å². The van der Waals surface area contributed by atoms with E-state index >= 15 is 0 Å². The summed E-state index contributed by atoms with van der Waals surface area (Å²) in [5, 5.41) is 10.6. The SMILES string of the molecule is O=POc1ccccc1CCc1ccc([N+](=O)[O-])cc1. The molecule has 2 rings (SSSR count). The van der Waals surface area contributed by atoms with E-state index in [1.165, 1.54) is 12.1 Å². The van der Waals surface area contributed by atoms with Crippen LogP contribution in [0.2, 0.25) is 0 Å². The van der Waals surface area contributed by atoms with Crippen LogP contribution in [0.5, 0.6) is 5.75 Å². The number of hydrogen-bond donors (Lipinski definition) is 0. The number of nitro groups is 1. The summed E-state index contributed by atoms with van der Waals surface area (Å²) in [6, 6.07) is 13.8. The van der Waals surface area contributed by atoms with Gasteiger partial charge in [0, 0.05) is 12.1 Å². The monoisotopic (exact) mass is 289 g/mol. The molecular formula is C14H12NO4P. The predicted octanol–water partition coefficient (Wildman–Crippen LogP) is 3.97. The average molecular weight is 289 g/mol. The van der Waals surface area contributed by atoms with E-state index in [4.69, 9.17) is 4.52 Å². The van der Waals surface area contributed by atoms with Crippen molar-refractivity contribution in [3.8, 4) is 5.75 Å². The average Bonchev–Trinajstić information content (AvgIpc) is 2.47. The van der Waals surface area contributed by atoms with Crippen LogP contribution in [0.4, 0.5) is 5.69 Å². The second-order valence-corrected chi connectivity index (χ2v) is 4.53. The van der Waals surface area contributed by atoms with Crippen LogP contribution in [-0.4, -0.2) is 4.92 Å². The maximum atomic E-state index is 10.6. The fourth-order valence-corrected chi connectivity index (χ4v) is 2.16. The minimum Gasteiger partial charge on any atom is -0.407 e. The second-order valence-electron chi connectivity index (χ2n) is 4.20. The van der Waals surface area contributed by atoms with Crippen LogP contribution >= 0.6 is 8.69 Å². The van der Waals surface area contributed by atoms with Gasteiger partial charge in [0.05, 0.1) is 4.92 Å². The van der Waals surface area contributed by atoms with E-state index in [0.717, 1.165) is 17.5 Å². The molecule has 0 heterocycles. The van der Waals surface area contributed by atoms with Crippen LogP contribution in [0.3, 0.4) is 0 Å². The quantitative estimate of drug-likeness (QED) is 0.458. The molecular weight excluding hydrogens is 277 g/mol.